The molecule has 1 fully saturated rings. The van der Waals surface area contributed by atoms with E-state index in [0.29, 0.717) is 19.8 Å². The zero-order valence-corrected chi connectivity index (χ0v) is 19.4. The molecule has 1 saturated heterocycles. The minimum Gasteiger partial charge on any atom is -0.387 e. The van der Waals surface area contributed by atoms with Crippen LogP contribution in [-0.2, 0) is 43.5 Å². The summed E-state index contributed by atoms with van der Waals surface area (Å²) in [5.74, 6) is 0. The Labute approximate surface area is 201 Å². The molecule has 0 radical (unpaired) electrons. The smallest absolute Gasteiger partial charge is 0.186 e. The molecule has 1 heterocycles. The second kappa shape index (κ2) is 12.8. The molecular weight excluding hydrogens is 432 g/mol. The van der Waals surface area contributed by atoms with Crippen molar-refractivity contribution in [3.05, 3.63) is 108 Å². The lowest BCUT2D eigenvalue weighted by Gasteiger charge is -2.43. The normalized spacial score (nSPS) is 24.7. The molecule has 0 saturated carbocycles. The summed E-state index contributed by atoms with van der Waals surface area (Å²) in [4.78, 5) is 0. The van der Waals surface area contributed by atoms with Gasteiger partial charge in [-0.15, -0.1) is 0 Å². The lowest BCUT2D eigenvalue weighted by atomic mass is 9.98. The molecule has 4 rings (SSSR count). The second-order valence-corrected chi connectivity index (χ2v) is 8.29. The average molecular weight is 465 g/mol. The van der Waals surface area contributed by atoms with Gasteiger partial charge in [-0.05, 0) is 16.7 Å². The van der Waals surface area contributed by atoms with Gasteiger partial charge in [-0.1, -0.05) is 91.0 Å². The van der Waals surface area contributed by atoms with Gasteiger partial charge >= 0.3 is 0 Å². The van der Waals surface area contributed by atoms with Crippen LogP contribution in [0.4, 0.5) is 0 Å². The highest BCUT2D eigenvalue weighted by molar-refractivity contribution is 5.15. The van der Waals surface area contributed by atoms with Gasteiger partial charge in [0, 0.05) is 7.11 Å². The predicted octanol–water partition coefficient (Wildman–Crippen LogP) is 4.11. The molecule has 0 bridgehead atoms. The Kier molecular flexibility index (Phi) is 9.21. The van der Waals surface area contributed by atoms with Crippen LogP contribution in [0.1, 0.15) is 16.7 Å². The Morgan fingerprint density at radius 3 is 1.65 bits per heavy atom. The summed E-state index contributed by atoms with van der Waals surface area (Å²) in [6.45, 7) is 1.31. The molecule has 0 aliphatic carbocycles. The first-order valence-electron chi connectivity index (χ1n) is 11.5. The summed E-state index contributed by atoms with van der Waals surface area (Å²) < 4.78 is 30.0. The van der Waals surface area contributed by atoms with Crippen molar-refractivity contribution in [3.63, 3.8) is 0 Å². The van der Waals surface area contributed by atoms with Crippen molar-refractivity contribution in [1.29, 1.82) is 0 Å². The molecule has 0 spiro atoms. The topological polar surface area (TPSA) is 66.4 Å². The van der Waals surface area contributed by atoms with E-state index < -0.39 is 30.7 Å². The third-order valence-corrected chi connectivity index (χ3v) is 5.82. The Hall–Kier alpha value is -2.58. The van der Waals surface area contributed by atoms with Crippen LogP contribution < -0.4 is 0 Å². The van der Waals surface area contributed by atoms with Gasteiger partial charge in [0.2, 0.25) is 0 Å². The molecule has 3 aromatic rings. The Morgan fingerprint density at radius 1 is 0.676 bits per heavy atom. The minimum atomic E-state index is -0.952. The fourth-order valence-electron chi connectivity index (χ4n) is 3.99. The SMILES string of the molecule is CO[C@H]1O[C@H](COCc2ccccc2)[C@@H](O)[C@H](OCc2ccccc2)[C@H]1OCc1ccccc1. The molecule has 0 unspecified atom stereocenters. The van der Waals surface area contributed by atoms with Gasteiger partial charge in [-0.2, -0.15) is 0 Å². The summed E-state index contributed by atoms with van der Waals surface area (Å²) in [6.07, 6.45) is -3.56. The number of benzene rings is 3. The number of hydrogen-bond acceptors (Lipinski definition) is 6. The first-order chi connectivity index (χ1) is 16.7. The molecule has 6 nitrogen and oxygen atoms in total. The highest BCUT2D eigenvalue weighted by Gasteiger charge is 2.47. The molecule has 180 valence electrons. The molecule has 5 atom stereocenters. The number of methoxy groups -OCH3 is 1. The highest BCUT2D eigenvalue weighted by Crippen LogP contribution is 2.28. The summed E-state index contributed by atoms with van der Waals surface area (Å²) in [5.41, 5.74) is 3.08. The number of aliphatic hydroxyl groups excluding tert-OH is 1. The van der Waals surface area contributed by atoms with Gasteiger partial charge < -0.3 is 28.8 Å². The lowest BCUT2D eigenvalue weighted by Crippen LogP contribution is -2.60. The number of rotatable bonds is 11. The van der Waals surface area contributed by atoms with E-state index >= 15 is 0 Å². The first-order valence-corrected chi connectivity index (χ1v) is 11.5. The van der Waals surface area contributed by atoms with Crippen molar-refractivity contribution in [2.45, 2.75) is 50.5 Å². The van der Waals surface area contributed by atoms with E-state index in [1.807, 2.05) is 91.0 Å². The average Bonchev–Trinajstić information content (AvgIpc) is 2.89. The van der Waals surface area contributed by atoms with Crippen molar-refractivity contribution in [2.75, 3.05) is 13.7 Å². The monoisotopic (exact) mass is 464 g/mol. The third-order valence-electron chi connectivity index (χ3n) is 5.82. The number of hydrogen-bond donors (Lipinski definition) is 1. The van der Waals surface area contributed by atoms with Crippen molar-refractivity contribution in [2.24, 2.45) is 0 Å². The molecule has 6 heteroatoms. The van der Waals surface area contributed by atoms with Gasteiger partial charge in [0.05, 0.1) is 26.4 Å². The lowest BCUT2D eigenvalue weighted by molar-refractivity contribution is -0.315. The van der Waals surface area contributed by atoms with Gasteiger partial charge in [0.25, 0.3) is 0 Å². The molecule has 34 heavy (non-hydrogen) atoms. The fourth-order valence-corrected chi connectivity index (χ4v) is 3.99. The van der Waals surface area contributed by atoms with Gasteiger partial charge in [0.15, 0.2) is 6.29 Å². The van der Waals surface area contributed by atoms with Crippen LogP contribution in [0.25, 0.3) is 0 Å². The van der Waals surface area contributed by atoms with Crippen molar-refractivity contribution in [1.82, 2.24) is 0 Å². The number of aliphatic hydroxyl groups is 1. The Bertz CT molecular complexity index is 952. The summed E-state index contributed by atoms with van der Waals surface area (Å²) in [6, 6.07) is 29.6. The predicted molar refractivity (Wildman–Crippen MR) is 128 cm³/mol. The van der Waals surface area contributed by atoms with Crippen LogP contribution in [0.15, 0.2) is 91.0 Å². The highest BCUT2D eigenvalue weighted by atomic mass is 16.7. The quantitative estimate of drug-likeness (QED) is 0.461. The summed E-state index contributed by atoms with van der Waals surface area (Å²) >= 11 is 0. The van der Waals surface area contributed by atoms with E-state index in [0.717, 1.165) is 16.7 Å². The maximum Gasteiger partial charge on any atom is 0.186 e. The van der Waals surface area contributed by atoms with Crippen LogP contribution in [0, 0.1) is 0 Å². The fraction of sp³-hybridized carbons (Fsp3) is 0.357. The zero-order valence-electron chi connectivity index (χ0n) is 19.4. The Morgan fingerprint density at radius 2 is 1.15 bits per heavy atom. The van der Waals surface area contributed by atoms with E-state index in [1.165, 1.54) is 0 Å². The molecule has 0 amide bonds. The van der Waals surface area contributed by atoms with E-state index in [9.17, 15) is 5.11 Å². The maximum atomic E-state index is 11.2. The van der Waals surface area contributed by atoms with Gasteiger partial charge in [-0.25, -0.2) is 0 Å². The number of ether oxygens (including phenoxy) is 5. The molecule has 1 aliphatic rings. The maximum absolute atomic E-state index is 11.2. The standard InChI is InChI=1S/C28H32O6/c1-30-28-27(33-19-23-15-9-4-10-16-23)26(32-18-22-13-7-3-8-14-22)25(29)24(34-28)20-31-17-21-11-5-2-6-12-21/h2-16,24-29H,17-20H2,1H3/t24-,25-,26+,27-,28+/m1/s1. The largest absolute Gasteiger partial charge is 0.387 e. The zero-order chi connectivity index (χ0) is 23.6. The second-order valence-electron chi connectivity index (χ2n) is 8.29. The third kappa shape index (κ3) is 6.73. The van der Waals surface area contributed by atoms with E-state index in [-0.39, 0.29) is 6.61 Å². The van der Waals surface area contributed by atoms with Crippen LogP contribution in [-0.4, -0.2) is 49.5 Å². The van der Waals surface area contributed by atoms with E-state index in [1.54, 1.807) is 7.11 Å². The van der Waals surface area contributed by atoms with Gasteiger partial charge in [-0.3, -0.25) is 0 Å². The molecule has 0 aromatic heterocycles. The molecular formula is C28H32O6. The summed E-state index contributed by atoms with van der Waals surface area (Å²) in [5, 5.41) is 11.2. The van der Waals surface area contributed by atoms with E-state index in [2.05, 4.69) is 0 Å². The molecule has 3 aromatic carbocycles. The summed E-state index contributed by atoms with van der Waals surface area (Å²) in [7, 11) is 1.57. The van der Waals surface area contributed by atoms with Crippen LogP contribution in [0.5, 0.6) is 0 Å². The van der Waals surface area contributed by atoms with Crippen LogP contribution in [0.3, 0.4) is 0 Å². The van der Waals surface area contributed by atoms with Gasteiger partial charge in [0.1, 0.15) is 24.4 Å². The minimum absolute atomic E-state index is 0.201. The van der Waals surface area contributed by atoms with E-state index in [4.69, 9.17) is 23.7 Å². The van der Waals surface area contributed by atoms with Crippen molar-refractivity contribution >= 4 is 0 Å². The Balaban J connectivity index is 1.44. The van der Waals surface area contributed by atoms with Crippen LogP contribution in [0.2, 0.25) is 0 Å². The van der Waals surface area contributed by atoms with Crippen molar-refractivity contribution < 1.29 is 28.8 Å². The molecule has 1 N–H and O–H groups in total. The van der Waals surface area contributed by atoms with Crippen molar-refractivity contribution in [3.8, 4) is 0 Å². The first kappa shape index (κ1) is 24.5. The van der Waals surface area contributed by atoms with Crippen LogP contribution >= 0.6 is 0 Å². The molecule has 1 aliphatic heterocycles.